The Morgan fingerprint density at radius 3 is 2.81 bits per heavy atom. The minimum absolute atomic E-state index is 0.118. The molecule has 27 heavy (non-hydrogen) atoms. The second kappa shape index (κ2) is 6.57. The van der Waals surface area contributed by atoms with Crippen LogP contribution in [0.25, 0.3) is 16.4 Å². The summed E-state index contributed by atoms with van der Waals surface area (Å²) in [4.78, 5) is 7.33. The highest BCUT2D eigenvalue weighted by Gasteiger charge is 2.18. The van der Waals surface area contributed by atoms with Crippen molar-refractivity contribution in [2.24, 2.45) is 5.92 Å². The van der Waals surface area contributed by atoms with Crippen LogP contribution in [0.5, 0.6) is 17.4 Å². The van der Waals surface area contributed by atoms with E-state index >= 15 is 0 Å². The van der Waals surface area contributed by atoms with E-state index in [0.717, 1.165) is 16.8 Å². The van der Waals surface area contributed by atoms with Crippen molar-refractivity contribution in [3.63, 3.8) is 0 Å². The number of nitrogens with zero attached hydrogens (tertiary/aromatic N) is 3. The molecule has 0 bridgehead atoms. The maximum Gasteiger partial charge on any atom is 0.247 e. The fourth-order valence-corrected chi connectivity index (χ4v) is 3.05. The number of aromatic nitrogens is 4. The summed E-state index contributed by atoms with van der Waals surface area (Å²) in [7, 11) is 0. The smallest absolute Gasteiger partial charge is 0.247 e. The molecule has 0 fully saturated rings. The van der Waals surface area contributed by atoms with Crippen molar-refractivity contribution in [2.45, 2.75) is 27.7 Å². The van der Waals surface area contributed by atoms with E-state index in [9.17, 15) is 4.39 Å². The lowest BCUT2D eigenvalue weighted by atomic mass is 10.2. The number of H-pyrrole nitrogens is 1. The molecule has 0 unspecified atom stereocenters. The van der Waals surface area contributed by atoms with Gasteiger partial charge < -0.3 is 14.5 Å². The summed E-state index contributed by atoms with van der Waals surface area (Å²) >= 11 is 0. The highest BCUT2D eigenvalue weighted by atomic mass is 19.1. The van der Waals surface area contributed by atoms with Crippen LogP contribution >= 0.6 is 0 Å². The molecule has 0 aliphatic heterocycles. The average Bonchev–Trinajstić information content (AvgIpc) is 3.16. The molecular weight excluding hydrogens is 347 g/mol. The first kappa shape index (κ1) is 17.3. The summed E-state index contributed by atoms with van der Waals surface area (Å²) < 4.78 is 28.2. The third kappa shape index (κ3) is 3.09. The van der Waals surface area contributed by atoms with Gasteiger partial charge >= 0.3 is 0 Å². The zero-order valence-corrected chi connectivity index (χ0v) is 15.7. The summed E-state index contributed by atoms with van der Waals surface area (Å²) in [5.41, 5.74) is 3.12. The predicted molar refractivity (Wildman–Crippen MR) is 101 cm³/mol. The number of fused-ring (bicyclic) bond motifs is 2. The van der Waals surface area contributed by atoms with Gasteiger partial charge in [0.05, 0.1) is 12.8 Å². The van der Waals surface area contributed by atoms with Gasteiger partial charge in [0.2, 0.25) is 5.88 Å². The van der Waals surface area contributed by atoms with Crippen LogP contribution in [0.2, 0.25) is 0 Å². The molecule has 0 aliphatic carbocycles. The van der Waals surface area contributed by atoms with Crippen molar-refractivity contribution in [1.82, 2.24) is 19.6 Å². The van der Waals surface area contributed by atoms with E-state index in [2.05, 4.69) is 28.9 Å². The Bertz CT molecular complexity index is 1130. The van der Waals surface area contributed by atoms with Crippen molar-refractivity contribution in [3.05, 3.63) is 47.8 Å². The standard InChI is InChI=1S/C20H21FN4O2/c1-11(2)9-26-17-8-25-19(13(17)4)20(22-10-23-25)27-16-6-5-15-14(18(16)21)7-12(3)24-15/h5-8,10-11,24H,9H2,1-4H3. The maximum absolute atomic E-state index is 14.9. The van der Waals surface area contributed by atoms with Crippen LogP contribution in [0.15, 0.2) is 30.7 Å². The average molecular weight is 368 g/mol. The summed E-state index contributed by atoms with van der Waals surface area (Å²) in [6.45, 7) is 8.56. The number of halogens is 1. The second-order valence-electron chi connectivity index (χ2n) is 7.07. The molecule has 0 atom stereocenters. The van der Waals surface area contributed by atoms with E-state index in [1.54, 1.807) is 28.9 Å². The quantitative estimate of drug-likeness (QED) is 0.550. The van der Waals surface area contributed by atoms with E-state index in [0.29, 0.717) is 29.2 Å². The number of rotatable bonds is 5. The van der Waals surface area contributed by atoms with Gasteiger partial charge in [0.25, 0.3) is 0 Å². The van der Waals surface area contributed by atoms with Crippen LogP contribution < -0.4 is 9.47 Å². The molecule has 3 heterocycles. The van der Waals surface area contributed by atoms with Gasteiger partial charge in [-0.1, -0.05) is 13.8 Å². The van der Waals surface area contributed by atoms with Crippen molar-refractivity contribution < 1.29 is 13.9 Å². The molecule has 0 spiro atoms. The van der Waals surface area contributed by atoms with Crippen LogP contribution in [0.1, 0.15) is 25.1 Å². The third-order valence-corrected chi connectivity index (χ3v) is 4.36. The van der Waals surface area contributed by atoms with E-state index < -0.39 is 5.82 Å². The van der Waals surface area contributed by atoms with Gasteiger partial charge in [0.1, 0.15) is 17.6 Å². The van der Waals surface area contributed by atoms with Gasteiger partial charge in [-0.3, -0.25) is 0 Å². The summed E-state index contributed by atoms with van der Waals surface area (Å²) in [5, 5.41) is 4.70. The molecule has 7 heteroatoms. The van der Waals surface area contributed by atoms with E-state index in [1.807, 2.05) is 13.8 Å². The van der Waals surface area contributed by atoms with Gasteiger partial charge in [0.15, 0.2) is 11.6 Å². The monoisotopic (exact) mass is 368 g/mol. The maximum atomic E-state index is 14.9. The highest BCUT2D eigenvalue weighted by molar-refractivity contribution is 5.83. The van der Waals surface area contributed by atoms with Crippen LogP contribution in [0.3, 0.4) is 0 Å². The molecule has 0 saturated heterocycles. The largest absolute Gasteiger partial charge is 0.491 e. The molecule has 0 saturated carbocycles. The number of aromatic amines is 1. The van der Waals surface area contributed by atoms with Crippen LogP contribution in [0.4, 0.5) is 4.39 Å². The fourth-order valence-electron chi connectivity index (χ4n) is 3.05. The van der Waals surface area contributed by atoms with Crippen molar-refractivity contribution in [1.29, 1.82) is 0 Å². The van der Waals surface area contributed by atoms with Crippen molar-refractivity contribution in [3.8, 4) is 17.4 Å². The summed E-state index contributed by atoms with van der Waals surface area (Å²) in [5.74, 6) is 1.10. The first-order valence-electron chi connectivity index (χ1n) is 8.85. The first-order valence-corrected chi connectivity index (χ1v) is 8.85. The summed E-state index contributed by atoms with van der Waals surface area (Å²) in [6.07, 6.45) is 3.17. The molecule has 0 amide bonds. The number of ether oxygens (including phenoxy) is 2. The Hall–Kier alpha value is -3.09. The normalized spacial score (nSPS) is 11.6. The molecule has 0 radical (unpaired) electrons. The Morgan fingerprint density at radius 2 is 2.04 bits per heavy atom. The molecule has 140 valence electrons. The van der Waals surface area contributed by atoms with Crippen LogP contribution in [0, 0.1) is 25.6 Å². The Labute approximate surface area is 155 Å². The van der Waals surface area contributed by atoms with E-state index in [-0.39, 0.29) is 11.6 Å². The Morgan fingerprint density at radius 1 is 1.22 bits per heavy atom. The summed E-state index contributed by atoms with van der Waals surface area (Å²) in [6, 6.07) is 5.15. The number of hydrogen-bond donors (Lipinski definition) is 1. The molecule has 0 aliphatic rings. The molecule has 4 rings (SSSR count). The van der Waals surface area contributed by atoms with Gasteiger partial charge in [-0.2, -0.15) is 10.1 Å². The number of benzene rings is 1. The molecule has 4 aromatic rings. The molecule has 1 N–H and O–H groups in total. The minimum atomic E-state index is -0.422. The fraction of sp³-hybridized carbons (Fsp3) is 0.300. The lowest BCUT2D eigenvalue weighted by molar-refractivity contribution is 0.269. The highest BCUT2D eigenvalue weighted by Crippen LogP contribution is 2.34. The predicted octanol–water partition coefficient (Wildman–Crippen LogP) is 4.79. The van der Waals surface area contributed by atoms with Crippen molar-refractivity contribution >= 4 is 16.4 Å². The first-order chi connectivity index (χ1) is 12.9. The van der Waals surface area contributed by atoms with E-state index in [1.165, 1.54) is 6.33 Å². The SMILES string of the molecule is Cc1cc2c(F)c(Oc3ncnn4cc(OCC(C)C)c(C)c34)ccc2[nH]1. The minimum Gasteiger partial charge on any atom is -0.491 e. The zero-order valence-electron chi connectivity index (χ0n) is 15.7. The van der Waals surface area contributed by atoms with Crippen LogP contribution in [-0.4, -0.2) is 26.2 Å². The number of nitrogens with one attached hydrogen (secondary N) is 1. The second-order valence-corrected chi connectivity index (χ2v) is 7.07. The van der Waals surface area contributed by atoms with Crippen LogP contribution in [-0.2, 0) is 0 Å². The van der Waals surface area contributed by atoms with Crippen molar-refractivity contribution in [2.75, 3.05) is 6.61 Å². The molecule has 1 aromatic carbocycles. The van der Waals surface area contributed by atoms with Gasteiger partial charge in [0, 0.05) is 22.2 Å². The van der Waals surface area contributed by atoms with Gasteiger partial charge in [-0.05, 0) is 38.0 Å². The molecule has 6 nitrogen and oxygen atoms in total. The molecule has 3 aromatic heterocycles. The topological polar surface area (TPSA) is 64.4 Å². The number of aryl methyl sites for hydroxylation is 2. The van der Waals surface area contributed by atoms with E-state index in [4.69, 9.17) is 9.47 Å². The zero-order chi connectivity index (χ0) is 19.1. The van der Waals surface area contributed by atoms with Gasteiger partial charge in [-0.25, -0.2) is 8.91 Å². The lowest BCUT2D eigenvalue weighted by Crippen LogP contribution is -2.04. The lowest BCUT2D eigenvalue weighted by Gasteiger charge is -2.09. The van der Waals surface area contributed by atoms with Gasteiger partial charge in [-0.15, -0.1) is 0 Å². The Kier molecular flexibility index (Phi) is 4.22. The molecular formula is C20H21FN4O2. The number of hydrogen-bond acceptors (Lipinski definition) is 4. The third-order valence-electron chi connectivity index (χ3n) is 4.36. The Balaban J connectivity index is 1.75.